The second-order valence-electron chi connectivity index (χ2n) is 13.2. The lowest BCUT2D eigenvalue weighted by molar-refractivity contribution is -0.322. The summed E-state index contributed by atoms with van der Waals surface area (Å²) in [7, 11) is 0. The molecule has 0 aromatic rings. The quantitative estimate of drug-likeness (QED) is 0.260. The predicted molar refractivity (Wildman–Crippen MR) is 129 cm³/mol. The summed E-state index contributed by atoms with van der Waals surface area (Å²) < 4.78 is 0. The lowest BCUT2D eigenvalue weighted by atomic mass is 9.40. The summed E-state index contributed by atoms with van der Waals surface area (Å²) in [5.74, 6) is -2.15. The highest BCUT2D eigenvalue weighted by atomic mass is 16.4. The second kappa shape index (κ2) is 9.45. The fourth-order valence-electron chi connectivity index (χ4n) is 9.61. The van der Waals surface area contributed by atoms with Gasteiger partial charge in [-0.2, -0.15) is 0 Å². The molecule has 1 unspecified atom stereocenters. The van der Waals surface area contributed by atoms with Crippen LogP contribution in [0.2, 0.25) is 0 Å². The molecular weight excluding hydrogens is 452 g/mol. The highest BCUT2D eigenvalue weighted by Gasteiger charge is 2.76. The molecule has 0 aromatic carbocycles. The van der Waals surface area contributed by atoms with Crippen molar-refractivity contribution in [2.75, 3.05) is 6.61 Å². The smallest absolute Gasteiger partial charge is 0.110 e. The maximum absolute atomic E-state index is 12.3. The topological polar surface area (TPSA) is 162 Å². The van der Waals surface area contributed by atoms with Crippen LogP contribution in [-0.4, -0.2) is 89.7 Å². The number of hydrogen-bond donors (Lipinski definition) is 8. The van der Waals surface area contributed by atoms with E-state index in [1.54, 1.807) is 0 Å². The van der Waals surface area contributed by atoms with E-state index in [0.29, 0.717) is 25.7 Å². The number of aliphatic hydroxyl groups is 8. The van der Waals surface area contributed by atoms with Gasteiger partial charge in [0.15, 0.2) is 0 Å². The molecule has 4 saturated carbocycles. The van der Waals surface area contributed by atoms with Crippen molar-refractivity contribution in [2.24, 2.45) is 46.3 Å². The minimum absolute atomic E-state index is 0.0568. The van der Waals surface area contributed by atoms with Crippen molar-refractivity contribution in [2.45, 2.75) is 115 Å². The first-order valence-electron chi connectivity index (χ1n) is 13.7. The molecule has 0 heterocycles. The first-order chi connectivity index (χ1) is 16.3. The number of rotatable bonds is 6. The van der Waals surface area contributed by atoms with Crippen molar-refractivity contribution in [1.82, 2.24) is 0 Å². The SMILES string of the molecule is C[C@H](CO)CCC[C@@H](C)[C@H]1[C@@H](O)[C@@H](O)[C@@H]2[C@]1(C)CCC1[C@@]2(O)[C@H](O)[C@H](O)[C@H]2[C@@H](O)[C@@H](O)CC[C@]12C. The molecule has 0 saturated heterocycles. The van der Waals surface area contributed by atoms with Gasteiger partial charge in [-0.3, -0.25) is 0 Å². The Hall–Kier alpha value is -0.320. The van der Waals surface area contributed by atoms with Crippen LogP contribution < -0.4 is 0 Å². The van der Waals surface area contributed by atoms with Gasteiger partial charge in [0, 0.05) is 18.4 Å². The van der Waals surface area contributed by atoms with E-state index < -0.39 is 70.8 Å². The van der Waals surface area contributed by atoms with Gasteiger partial charge in [0.1, 0.15) is 11.7 Å². The molecule has 4 aliphatic carbocycles. The molecule has 15 atom stereocenters. The van der Waals surface area contributed by atoms with Crippen LogP contribution in [0.5, 0.6) is 0 Å². The normalized spacial score (nSPS) is 55.5. The molecule has 0 aromatic heterocycles. The van der Waals surface area contributed by atoms with Crippen LogP contribution in [0, 0.1) is 46.3 Å². The maximum Gasteiger partial charge on any atom is 0.110 e. The van der Waals surface area contributed by atoms with Crippen LogP contribution in [0.4, 0.5) is 0 Å². The molecule has 0 spiro atoms. The van der Waals surface area contributed by atoms with Crippen LogP contribution in [-0.2, 0) is 0 Å². The molecule has 4 fully saturated rings. The molecule has 8 heteroatoms. The summed E-state index contributed by atoms with van der Waals surface area (Å²) >= 11 is 0. The van der Waals surface area contributed by atoms with Crippen LogP contribution in [0.1, 0.15) is 72.6 Å². The molecule has 4 rings (SSSR count). The molecule has 4 aliphatic rings. The highest BCUT2D eigenvalue weighted by Crippen LogP contribution is 2.69. The Morgan fingerprint density at radius 3 is 2.06 bits per heavy atom. The molecule has 8 N–H and O–H groups in total. The van der Waals surface area contributed by atoms with E-state index in [-0.39, 0.29) is 24.4 Å². The van der Waals surface area contributed by atoms with Crippen LogP contribution in [0.25, 0.3) is 0 Å². The molecule has 0 amide bonds. The summed E-state index contributed by atoms with van der Waals surface area (Å²) in [6, 6.07) is 0. The van der Waals surface area contributed by atoms with Gasteiger partial charge in [0.25, 0.3) is 0 Å². The third-order valence-corrected chi connectivity index (χ3v) is 11.3. The third kappa shape index (κ3) is 3.85. The second-order valence-corrected chi connectivity index (χ2v) is 13.2. The van der Waals surface area contributed by atoms with Gasteiger partial charge in [-0.05, 0) is 66.6 Å². The molecule has 0 aliphatic heterocycles. The van der Waals surface area contributed by atoms with Gasteiger partial charge in [-0.25, -0.2) is 0 Å². The van der Waals surface area contributed by atoms with Crippen molar-refractivity contribution < 1.29 is 40.9 Å². The molecule has 8 nitrogen and oxygen atoms in total. The predicted octanol–water partition coefficient (Wildman–Crippen LogP) is 0.410. The van der Waals surface area contributed by atoms with Gasteiger partial charge in [0.2, 0.25) is 0 Å². The van der Waals surface area contributed by atoms with Crippen molar-refractivity contribution in [3.63, 3.8) is 0 Å². The van der Waals surface area contributed by atoms with E-state index in [1.165, 1.54) is 0 Å². The minimum atomic E-state index is -1.83. The van der Waals surface area contributed by atoms with Gasteiger partial charge in [0.05, 0.1) is 30.5 Å². The Balaban J connectivity index is 1.67. The lowest BCUT2D eigenvalue weighted by Crippen LogP contribution is -2.76. The van der Waals surface area contributed by atoms with Crippen molar-refractivity contribution in [3.05, 3.63) is 0 Å². The van der Waals surface area contributed by atoms with E-state index in [1.807, 2.05) is 20.8 Å². The summed E-state index contributed by atoms with van der Waals surface area (Å²) in [6.45, 7) is 8.11. The summed E-state index contributed by atoms with van der Waals surface area (Å²) in [5.41, 5.74) is -3.22. The van der Waals surface area contributed by atoms with Gasteiger partial charge in [-0.15, -0.1) is 0 Å². The van der Waals surface area contributed by atoms with E-state index in [0.717, 1.165) is 19.3 Å². The van der Waals surface area contributed by atoms with Crippen molar-refractivity contribution in [3.8, 4) is 0 Å². The first-order valence-corrected chi connectivity index (χ1v) is 13.7. The van der Waals surface area contributed by atoms with E-state index >= 15 is 0 Å². The van der Waals surface area contributed by atoms with Crippen LogP contribution in [0.15, 0.2) is 0 Å². The molecule has 35 heavy (non-hydrogen) atoms. The molecule has 0 bridgehead atoms. The van der Waals surface area contributed by atoms with Crippen molar-refractivity contribution in [1.29, 1.82) is 0 Å². The molecular formula is C27H48O8. The monoisotopic (exact) mass is 500 g/mol. The van der Waals surface area contributed by atoms with Crippen LogP contribution in [0.3, 0.4) is 0 Å². The standard InChI is InChI=1S/C27H48O8/c1-13(12-28)6-5-7-14(2)17-20(31)22(33)23-26(17,4)11-9-16-25(3)10-8-15(29)19(30)18(25)21(32)24(34)27(16,23)35/h13-24,28-35H,5-12H2,1-4H3/t13-,14+,15-,16?,17-,18+,19-,20+,21+,22+,23+,24+,25+,26+,27-/m0/s1. The van der Waals surface area contributed by atoms with Gasteiger partial charge < -0.3 is 40.9 Å². The van der Waals surface area contributed by atoms with Gasteiger partial charge in [-0.1, -0.05) is 40.5 Å². The zero-order valence-corrected chi connectivity index (χ0v) is 21.7. The van der Waals surface area contributed by atoms with E-state index in [4.69, 9.17) is 0 Å². The zero-order valence-electron chi connectivity index (χ0n) is 21.7. The average Bonchev–Trinajstić information content (AvgIpc) is 3.00. The summed E-state index contributed by atoms with van der Waals surface area (Å²) in [5, 5.41) is 88.0. The Kier molecular flexibility index (Phi) is 7.48. The minimum Gasteiger partial charge on any atom is -0.396 e. The Morgan fingerprint density at radius 1 is 0.800 bits per heavy atom. The lowest BCUT2D eigenvalue weighted by Gasteiger charge is -2.67. The number of fused-ring (bicyclic) bond motifs is 5. The largest absolute Gasteiger partial charge is 0.396 e. The van der Waals surface area contributed by atoms with Gasteiger partial charge >= 0.3 is 0 Å². The van der Waals surface area contributed by atoms with E-state index in [9.17, 15) is 40.9 Å². The fraction of sp³-hybridized carbons (Fsp3) is 1.00. The Morgan fingerprint density at radius 2 is 1.43 bits per heavy atom. The Bertz CT molecular complexity index is 765. The fourth-order valence-corrected chi connectivity index (χ4v) is 9.61. The maximum atomic E-state index is 12.3. The highest BCUT2D eigenvalue weighted by molar-refractivity contribution is 5.25. The summed E-state index contributed by atoms with van der Waals surface area (Å²) in [4.78, 5) is 0. The molecule has 204 valence electrons. The van der Waals surface area contributed by atoms with Crippen LogP contribution >= 0.6 is 0 Å². The third-order valence-electron chi connectivity index (χ3n) is 11.3. The first kappa shape index (κ1) is 27.7. The van der Waals surface area contributed by atoms with Crippen molar-refractivity contribution >= 4 is 0 Å². The molecule has 0 radical (unpaired) electrons. The Labute approximate surface area is 209 Å². The number of aliphatic hydroxyl groups excluding tert-OH is 7. The summed E-state index contributed by atoms with van der Waals surface area (Å²) in [6.07, 6.45) is -3.02. The zero-order chi connectivity index (χ0) is 26.1. The van der Waals surface area contributed by atoms with E-state index in [2.05, 4.69) is 6.92 Å². The average molecular weight is 501 g/mol. The number of hydrogen-bond acceptors (Lipinski definition) is 8.